The topological polar surface area (TPSA) is 59.8 Å². The summed E-state index contributed by atoms with van der Waals surface area (Å²) in [5.74, 6) is 0.580. The molecule has 112 valence electrons. The Kier molecular flexibility index (Phi) is 5.50. The van der Waals surface area contributed by atoms with Crippen LogP contribution < -0.4 is 5.32 Å². The Hall–Kier alpha value is -1.24. The summed E-state index contributed by atoms with van der Waals surface area (Å²) in [7, 11) is 0. The predicted octanol–water partition coefficient (Wildman–Crippen LogP) is 3.05. The van der Waals surface area contributed by atoms with Crippen molar-refractivity contribution >= 4 is 40.9 Å². The van der Waals surface area contributed by atoms with E-state index in [4.69, 9.17) is 23.2 Å². The monoisotopic (exact) mass is 344 g/mol. The van der Waals surface area contributed by atoms with E-state index >= 15 is 0 Å². The molecule has 1 N–H and O–H groups in total. The molecule has 21 heavy (non-hydrogen) atoms. The number of aryl methyl sites for hydroxylation is 1. The molecule has 2 aromatic rings. The molecule has 5 nitrogen and oxygen atoms in total. The molecular weight excluding hydrogens is 331 g/mol. The smallest absolute Gasteiger partial charge is 0.252 e. The summed E-state index contributed by atoms with van der Waals surface area (Å²) in [6.45, 7) is 2.92. The minimum absolute atomic E-state index is 0.224. The number of nitrogens with one attached hydrogen (secondary N) is 1. The van der Waals surface area contributed by atoms with Gasteiger partial charge in [-0.05, 0) is 25.3 Å². The van der Waals surface area contributed by atoms with E-state index in [1.165, 1.54) is 11.8 Å². The van der Waals surface area contributed by atoms with Gasteiger partial charge in [-0.15, -0.1) is 22.0 Å². The van der Waals surface area contributed by atoms with Gasteiger partial charge in [-0.3, -0.25) is 4.79 Å². The number of carbonyl (C=O) groups excluding carboxylic acids is 1. The van der Waals surface area contributed by atoms with Gasteiger partial charge in [-0.1, -0.05) is 23.2 Å². The summed E-state index contributed by atoms with van der Waals surface area (Å²) in [5.41, 5.74) is 0.422. The molecule has 0 aliphatic rings. The summed E-state index contributed by atoms with van der Waals surface area (Å²) >= 11 is 13.6. The number of thioether (sulfide) groups is 1. The van der Waals surface area contributed by atoms with Crippen molar-refractivity contribution in [2.75, 3.05) is 12.8 Å². The Morgan fingerprint density at radius 3 is 2.76 bits per heavy atom. The standard InChI is InChI=1S/C13H14Cl2N4OS/c1-8-18-17-7-19(8)4-3-16-13(20)9-5-12(21-2)11(15)6-10(9)14/h5-7H,3-4H2,1-2H3,(H,16,20). The number of rotatable bonds is 5. The van der Waals surface area contributed by atoms with Gasteiger partial charge in [0.1, 0.15) is 12.2 Å². The second-order valence-corrected chi connectivity index (χ2v) is 5.96. The van der Waals surface area contributed by atoms with E-state index in [0.717, 1.165) is 10.7 Å². The molecule has 0 saturated heterocycles. The molecule has 0 aliphatic heterocycles. The number of hydrogen-bond acceptors (Lipinski definition) is 4. The van der Waals surface area contributed by atoms with Crippen LogP contribution in [0.2, 0.25) is 10.0 Å². The van der Waals surface area contributed by atoms with Gasteiger partial charge in [-0.2, -0.15) is 0 Å². The van der Waals surface area contributed by atoms with E-state index in [9.17, 15) is 4.79 Å². The molecule has 1 amide bonds. The van der Waals surface area contributed by atoms with Crippen molar-refractivity contribution in [1.82, 2.24) is 20.1 Å². The zero-order valence-electron chi connectivity index (χ0n) is 11.6. The van der Waals surface area contributed by atoms with Gasteiger partial charge in [0.05, 0.1) is 15.6 Å². The van der Waals surface area contributed by atoms with Crippen molar-refractivity contribution < 1.29 is 4.79 Å². The van der Waals surface area contributed by atoms with Crippen molar-refractivity contribution in [2.45, 2.75) is 18.4 Å². The molecule has 0 spiro atoms. The fourth-order valence-corrected chi connectivity index (χ4v) is 2.97. The van der Waals surface area contributed by atoms with Crippen LogP contribution >= 0.6 is 35.0 Å². The van der Waals surface area contributed by atoms with Gasteiger partial charge in [-0.25, -0.2) is 0 Å². The lowest BCUT2D eigenvalue weighted by Crippen LogP contribution is -2.27. The third-order valence-electron chi connectivity index (χ3n) is 2.93. The first-order chi connectivity index (χ1) is 10.0. The quantitative estimate of drug-likeness (QED) is 0.847. The summed E-state index contributed by atoms with van der Waals surface area (Å²) in [4.78, 5) is 13.0. The fourth-order valence-electron chi connectivity index (χ4n) is 1.78. The average molecular weight is 345 g/mol. The maximum atomic E-state index is 12.2. The second kappa shape index (κ2) is 7.15. The lowest BCUT2D eigenvalue weighted by molar-refractivity contribution is 0.0952. The summed E-state index contributed by atoms with van der Waals surface area (Å²) in [5, 5.41) is 11.4. The van der Waals surface area contributed by atoms with Crippen LogP contribution in [0.4, 0.5) is 0 Å². The largest absolute Gasteiger partial charge is 0.350 e. The van der Waals surface area contributed by atoms with E-state index in [0.29, 0.717) is 28.7 Å². The SMILES string of the molecule is CSc1cc(C(=O)NCCn2cnnc2C)c(Cl)cc1Cl. The number of nitrogens with zero attached hydrogens (tertiary/aromatic N) is 3. The normalized spacial score (nSPS) is 10.7. The van der Waals surface area contributed by atoms with Crippen LogP contribution in [-0.2, 0) is 6.54 Å². The van der Waals surface area contributed by atoms with E-state index in [-0.39, 0.29) is 5.91 Å². The van der Waals surface area contributed by atoms with Crippen LogP contribution in [0.25, 0.3) is 0 Å². The Morgan fingerprint density at radius 2 is 2.14 bits per heavy atom. The minimum atomic E-state index is -0.224. The average Bonchev–Trinajstić information content (AvgIpc) is 2.84. The molecule has 0 radical (unpaired) electrons. The number of hydrogen-bond donors (Lipinski definition) is 1. The van der Waals surface area contributed by atoms with Crippen molar-refractivity contribution in [2.24, 2.45) is 0 Å². The Bertz CT molecular complexity index is 660. The molecule has 0 saturated carbocycles. The molecule has 1 aromatic heterocycles. The molecule has 1 aromatic carbocycles. The highest BCUT2D eigenvalue weighted by atomic mass is 35.5. The van der Waals surface area contributed by atoms with E-state index in [2.05, 4.69) is 15.5 Å². The summed E-state index contributed by atoms with van der Waals surface area (Å²) < 4.78 is 1.86. The lowest BCUT2D eigenvalue weighted by atomic mass is 10.2. The van der Waals surface area contributed by atoms with E-state index < -0.39 is 0 Å². The molecule has 0 atom stereocenters. The van der Waals surface area contributed by atoms with Gasteiger partial charge in [0.25, 0.3) is 5.91 Å². The van der Waals surface area contributed by atoms with Crippen LogP contribution in [-0.4, -0.2) is 33.5 Å². The van der Waals surface area contributed by atoms with E-state index in [1.54, 1.807) is 18.5 Å². The van der Waals surface area contributed by atoms with Crippen LogP contribution in [0.3, 0.4) is 0 Å². The Morgan fingerprint density at radius 1 is 1.38 bits per heavy atom. The number of benzene rings is 1. The number of carbonyl (C=O) groups is 1. The van der Waals surface area contributed by atoms with Crippen LogP contribution in [0, 0.1) is 6.92 Å². The molecular formula is C13H14Cl2N4OS. The predicted molar refractivity (Wildman–Crippen MR) is 85.3 cm³/mol. The Balaban J connectivity index is 2.02. The first-order valence-corrected chi connectivity index (χ1v) is 8.16. The van der Waals surface area contributed by atoms with Gasteiger partial charge >= 0.3 is 0 Å². The van der Waals surface area contributed by atoms with Gasteiger partial charge < -0.3 is 9.88 Å². The molecule has 0 unspecified atom stereocenters. The minimum Gasteiger partial charge on any atom is -0.350 e. The van der Waals surface area contributed by atoms with Gasteiger partial charge in [0, 0.05) is 18.0 Å². The first kappa shape index (κ1) is 16.1. The lowest BCUT2D eigenvalue weighted by Gasteiger charge is -2.10. The molecule has 1 heterocycles. The van der Waals surface area contributed by atoms with Crippen molar-refractivity contribution in [3.8, 4) is 0 Å². The van der Waals surface area contributed by atoms with Crippen LogP contribution in [0.1, 0.15) is 16.2 Å². The molecule has 2 rings (SSSR count). The highest BCUT2D eigenvalue weighted by molar-refractivity contribution is 7.98. The van der Waals surface area contributed by atoms with Crippen LogP contribution in [0.15, 0.2) is 23.4 Å². The fraction of sp³-hybridized carbons (Fsp3) is 0.308. The molecule has 0 bridgehead atoms. The molecule has 0 aliphatic carbocycles. The van der Waals surface area contributed by atoms with Crippen molar-refractivity contribution in [1.29, 1.82) is 0 Å². The molecule has 0 fully saturated rings. The van der Waals surface area contributed by atoms with Crippen molar-refractivity contribution in [3.63, 3.8) is 0 Å². The third-order valence-corrected chi connectivity index (χ3v) is 4.45. The zero-order chi connectivity index (χ0) is 15.4. The number of aromatic nitrogens is 3. The van der Waals surface area contributed by atoms with E-state index in [1.807, 2.05) is 17.7 Å². The number of amides is 1. The number of halogens is 2. The highest BCUT2D eigenvalue weighted by Gasteiger charge is 2.13. The summed E-state index contributed by atoms with van der Waals surface area (Å²) in [6.07, 6.45) is 3.52. The first-order valence-electron chi connectivity index (χ1n) is 6.18. The van der Waals surface area contributed by atoms with Gasteiger partial charge in [0.15, 0.2) is 0 Å². The highest BCUT2D eigenvalue weighted by Crippen LogP contribution is 2.31. The summed E-state index contributed by atoms with van der Waals surface area (Å²) in [6, 6.07) is 3.29. The van der Waals surface area contributed by atoms with Gasteiger partial charge in [0.2, 0.25) is 0 Å². The molecule has 8 heteroatoms. The maximum absolute atomic E-state index is 12.2. The Labute approximate surface area is 137 Å². The van der Waals surface area contributed by atoms with Crippen molar-refractivity contribution in [3.05, 3.63) is 39.9 Å². The zero-order valence-corrected chi connectivity index (χ0v) is 13.9. The second-order valence-electron chi connectivity index (χ2n) is 4.29. The maximum Gasteiger partial charge on any atom is 0.252 e. The van der Waals surface area contributed by atoms with Crippen LogP contribution in [0.5, 0.6) is 0 Å². The third kappa shape index (κ3) is 3.90.